The molecule has 4 unspecified atom stereocenters. The topological polar surface area (TPSA) is 151 Å². The summed E-state index contributed by atoms with van der Waals surface area (Å²) < 4.78 is 0. The van der Waals surface area contributed by atoms with E-state index in [2.05, 4.69) is 16.0 Å². The van der Waals surface area contributed by atoms with Crippen LogP contribution in [0.1, 0.15) is 66.5 Å². The average Bonchev–Trinajstić information content (AvgIpc) is 2.91. The maximum Gasteiger partial charge on any atom is 0.252 e. The molecule has 2 aromatic rings. The molecule has 0 saturated carbocycles. The van der Waals surface area contributed by atoms with Crippen LogP contribution in [0.15, 0.2) is 60.7 Å². The SMILES string of the molecule is CC(C)(C)[C@@](C)(O)C(=O)NC(Cc1ccccc1)C(O)CNCC(O)C(Cc1ccccc1)NC(=O)[C@@](C)(O)C(C)(C)C. The molecule has 6 atom stereocenters. The van der Waals surface area contributed by atoms with Gasteiger partial charge in [-0.15, -0.1) is 0 Å². The summed E-state index contributed by atoms with van der Waals surface area (Å²) in [6.07, 6.45) is -1.47. The van der Waals surface area contributed by atoms with E-state index in [1.165, 1.54) is 13.8 Å². The van der Waals surface area contributed by atoms with Gasteiger partial charge in [-0.1, -0.05) is 102 Å². The molecule has 0 aliphatic heterocycles. The minimum atomic E-state index is -1.68. The zero-order chi connectivity index (χ0) is 32.6. The summed E-state index contributed by atoms with van der Waals surface area (Å²) in [6, 6.07) is 17.4. The maximum atomic E-state index is 13.1. The van der Waals surface area contributed by atoms with Crippen molar-refractivity contribution in [2.24, 2.45) is 10.8 Å². The Morgan fingerprint density at radius 1 is 0.605 bits per heavy atom. The molecule has 9 heteroatoms. The number of aliphatic hydroxyl groups is 4. The van der Waals surface area contributed by atoms with Gasteiger partial charge in [-0.25, -0.2) is 0 Å². The van der Waals surface area contributed by atoms with Crippen molar-refractivity contribution in [1.29, 1.82) is 0 Å². The number of hydrogen-bond acceptors (Lipinski definition) is 7. The molecule has 9 nitrogen and oxygen atoms in total. The summed E-state index contributed by atoms with van der Waals surface area (Å²) in [5, 5.41) is 53.0. The van der Waals surface area contributed by atoms with E-state index in [1.54, 1.807) is 41.5 Å². The van der Waals surface area contributed by atoms with Gasteiger partial charge >= 0.3 is 0 Å². The number of carbonyl (C=O) groups excluding carboxylic acids is 2. The molecule has 0 heterocycles. The lowest BCUT2D eigenvalue weighted by Crippen LogP contribution is -2.60. The molecule has 2 aromatic carbocycles. The van der Waals surface area contributed by atoms with Crippen LogP contribution >= 0.6 is 0 Å². The van der Waals surface area contributed by atoms with Crippen LogP contribution in [0.3, 0.4) is 0 Å². The summed E-state index contributed by atoms with van der Waals surface area (Å²) in [5.74, 6) is -1.17. The van der Waals surface area contributed by atoms with E-state index in [9.17, 15) is 30.0 Å². The number of aliphatic hydroxyl groups excluding tert-OH is 2. The van der Waals surface area contributed by atoms with E-state index in [-0.39, 0.29) is 13.1 Å². The first-order chi connectivity index (χ1) is 19.8. The van der Waals surface area contributed by atoms with Crippen molar-refractivity contribution in [3.05, 3.63) is 71.8 Å². The molecule has 0 bridgehead atoms. The summed E-state index contributed by atoms with van der Waals surface area (Å²) >= 11 is 0. The van der Waals surface area contributed by atoms with Crippen LogP contribution in [0.4, 0.5) is 0 Å². The molecule has 240 valence electrons. The highest BCUT2D eigenvalue weighted by Crippen LogP contribution is 2.31. The highest BCUT2D eigenvalue weighted by Gasteiger charge is 2.44. The molecule has 2 rings (SSSR count). The van der Waals surface area contributed by atoms with Gasteiger partial charge in [0.15, 0.2) is 0 Å². The van der Waals surface area contributed by atoms with E-state index in [0.29, 0.717) is 12.8 Å². The minimum absolute atomic E-state index is 0.0260. The largest absolute Gasteiger partial charge is 0.390 e. The fraction of sp³-hybridized carbons (Fsp3) is 0.588. The lowest BCUT2D eigenvalue weighted by Gasteiger charge is -2.38. The normalized spacial score (nSPS) is 18.0. The Morgan fingerprint density at radius 3 is 1.19 bits per heavy atom. The highest BCUT2D eigenvalue weighted by atomic mass is 16.3. The molecule has 0 radical (unpaired) electrons. The van der Waals surface area contributed by atoms with Crippen LogP contribution in [-0.2, 0) is 22.4 Å². The number of rotatable bonds is 14. The minimum Gasteiger partial charge on any atom is -0.390 e. The van der Waals surface area contributed by atoms with E-state index < -0.39 is 58.1 Å². The third-order valence-corrected chi connectivity index (χ3v) is 8.67. The van der Waals surface area contributed by atoms with Crippen molar-refractivity contribution >= 4 is 11.8 Å². The first-order valence-corrected chi connectivity index (χ1v) is 15.0. The average molecular weight is 600 g/mol. The Hall–Kier alpha value is -2.82. The lowest BCUT2D eigenvalue weighted by molar-refractivity contribution is -0.151. The van der Waals surface area contributed by atoms with Gasteiger partial charge in [-0.05, 0) is 48.6 Å². The monoisotopic (exact) mass is 599 g/mol. The summed E-state index contributed by atoms with van der Waals surface area (Å²) in [4.78, 5) is 26.2. The van der Waals surface area contributed by atoms with E-state index in [1.807, 2.05) is 60.7 Å². The molecule has 0 spiro atoms. The summed E-state index contributed by atoms with van der Waals surface area (Å²) in [6.45, 7) is 13.6. The number of nitrogens with one attached hydrogen (secondary N) is 3. The zero-order valence-corrected chi connectivity index (χ0v) is 27.0. The van der Waals surface area contributed by atoms with Gasteiger partial charge in [0, 0.05) is 13.1 Å². The molecule has 2 amide bonds. The van der Waals surface area contributed by atoms with Crippen LogP contribution < -0.4 is 16.0 Å². The van der Waals surface area contributed by atoms with Crippen molar-refractivity contribution in [2.75, 3.05) is 13.1 Å². The standard InChI is InChI=1S/C34H53N3O6/c1-31(2,3)33(7,42)29(40)36-25(19-23-15-11-9-12-16-23)27(38)21-35-22-28(39)26(20-24-17-13-10-14-18-24)37-30(41)34(8,43)32(4,5)6/h9-18,25-28,35,38-39,42-43H,19-22H2,1-8H3,(H,36,40)(H,37,41)/t25?,26?,27?,28?,33-,34+. The quantitative estimate of drug-likeness (QED) is 0.176. The molecule has 0 fully saturated rings. The van der Waals surface area contributed by atoms with Gasteiger partial charge in [0.25, 0.3) is 11.8 Å². The van der Waals surface area contributed by atoms with Crippen molar-refractivity contribution in [1.82, 2.24) is 16.0 Å². The first-order valence-electron chi connectivity index (χ1n) is 15.0. The van der Waals surface area contributed by atoms with Crippen molar-refractivity contribution < 1.29 is 30.0 Å². The first kappa shape index (κ1) is 36.4. The van der Waals surface area contributed by atoms with Crippen LogP contribution in [0, 0.1) is 10.8 Å². The molecule has 43 heavy (non-hydrogen) atoms. The van der Waals surface area contributed by atoms with Gasteiger partial charge in [-0.2, -0.15) is 0 Å². The molecule has 0 aromatic heterocycles. The fourth-order valence-corrected chi connectivity index (χ4v) is 4.27. The third-order valence-electron chi connectivity index (χ3n) is 8.67. The molecule has 0 aliphatic rings. The highest BCUT2D eigenvalue weighted by molar-refractivity contribution is 5.86. The van der Waals surface area contributed by atoms with Gasteiger partial charge in [0.05, 0.1) is 24.3 Å². The number of amides is 2. The molecule has 0 aliphatic carbocycles. The van der Waals surface area contributed by atoms with Crippen LogP contribution in [0.5, 0.6) is 0 Å². The fourth-order valence-electron chi connectivity index (χ4n) is 4.27. The predicted octanol–water partition coefficient (Wildman–Crippen LogP) is 2.35. The van der Waals surface area contributed by atoms with Gasteiger partial charge in [-0.3, -0.25) is 9.59 Å². The predicted molar refractivity (Wildman–Crippen MR) is 169 cm³/mol. The Balaban J connectivity index is 2.16. The van der Waals surface area contributed by atoms with Gasteiger partial charge in [0.1, 0.15) is 11.2 Å². The Morgan fingerprint density at radius 2 is 0.907 bits per heavy atom. The number of benzene rings is 2. The van der Waals surface area contributed by atoms with E-state index in [4.69, 9.17) is 0 Å². The lowest BCUT2D eigenvalue weighted by atomic mass is 9.77. The van der Waals surface area contributed by atoms with Crippen LogP contribution in [0.2, 0.25) is 0 Å². The zero-order valence-electron chi connectivity index (χ0n) is 27.0. The van der Waals surface area contributed by atoms with E-state index >= 15 is 0 Å². The second-order valence-corrected chi connectivity index (χ2v) is 14.0. The van der Waals surface area contributed by atoms with E-state index in [0.717, 1.165) is 11.1 Å². The van der Waals surface area contributed by atoms with Crippen molar-refractivity contribution in [3.8, 4) is 0 Å². The third kappa shape index (κ3) is 10.1. The maximum absolute atomic E-state index is 13.1. The number of carbonyl (C=O) groups is 2. The summed E-state index contributed by atoms with van der Waals surface area (Å²) in [7, 11) is 0. The van der Waals surface area contributed by atoms with Gasteiger partial charge < -0.3 is 36.4 Å². The molecular formula is C34H53N3O6. The smallest absolute Gasteiger partial charge is 0.252 e. The second kappa shape index (κ2) is 14.8. The van der Waals surface area contributed by atoms with Gasteiger partial charge in [0.2, 0.25) is 0 Å². The summed E-state index contributed by atoms with van der Waals surface area (Å²) in [5.41, 5.74) is -3.03. The molecule has 0 saturated heterocycles. The Bertz CT molecular complexity index is 1060. The Kier molecular flexibility index (Phi) is 12.5. The van der Waals surface area contributed by atoms with Crippen LogP contribution in [-0.4, -0.2) is 80.8 Å². The Labute approximate surface area is 257 Å². The van der Waals surface area contributed by atoms with Crippen molar-refractivity contribution in [3.63, 3.8) is 0 Å². The molecule has 7 N–H and O–H groups in total. The second-order valence-electron chi connectivity index (χ2n) is 14.0. The molecular weight excluding hydrogens is 546 g/mol. The number of hydrogen-bond donors (Lipinski definition) is 7. The van der Waals surface area contributed by atoms with Crippen molar-refractivity contribution in [2.45, 2.75) is 104 Å². The van der Waals surface area contributed by atoms with Crippen LogP contribution in [0.25, 0.3) is 0 Å².